The zero-order valence-corrected chi connectivity index (χ0v) is 8.08. The molecule has 0 fully saturated rings. The second kappa shape index (κ2) is 2.76. The van der Waals surface area contributed by atoms with Crippen molar-refractivity contribution in [2.45, 2.75) is 0 Å². The fraction of sp³-hybridized carbons (Fsp3) is 0. The molecule has 0 amide bonds. The molecule has 3 aromatic rings. The zero-order chi connectivity index (χ0) is 9.54. The van der Waals surface area contributed by atoms with Crippen LogP contribution < -0.4 is 0 Å². The van der Waals surface area contributed by atoms with Crippen LogP contribution in [0.15, 0.2) is 46.9 Å². The third-order valence-electron chi connectivity index (χ3n) is 2.34. The van der Waals surface area contributed by atoms with Gasteiger partial charge in [-0.25, -0.2) is 0 Å². The van der Waals surface area contributed by atoms with Crippen LogP contribution in [-0.4, -0.2) is 0 Å². The van der Waals surface area contributed by atoms with E-state index in [1.807, 2.05) is 36.4 Å². The van der Waals surface area contributed by atoms with Gasteiger partial charge in [0.2, 0.25) is 0 Å². The Hall–Kier alpha value is -1.47. The average Bonchev–Trinajstić information content (AvgIpc) is 2.54. The molecule has 68 valence electrons. The molecule has 1 heterocycles. The molecule has 2 heteroatoms. The quantitative estimate of drug-likeness (QED) is 0.532. The topological polar surface area (TPSA) is 13.1 Å². The Kier molecular flexibility index (Phi) is 1.55. The number of hydrogen-bond donors (Lipinski definition) is 0. The van der Waals surface area contributed by atoms with Gasteiger partial charge >= 0.3 is 0 Å². The normalized spacial score (nSPS) is 11.2. The molecule has 0 saturated heterocycles. The zero-order valence-electron chi connectivity index (χ0n) is 7.33. The summed E-state index contributed by atoms with van der Waals surface area (Å²) in [5.41, 5.74) is 1.75. The summed E-state index contributed by atoms with van der Waals surface area (Å²) in [6.45, 7) is 0. The Labute approximate surface area is 85.9 Å². The fourth-order valence-electron chi connectivity index (χ4n) is 1.70. The molecular formula is C12H7ClO. The molecular weight excluding hydrogens is 196 g/mol. The largest absolute Gasteiger partial charge is 0.456 e. The van der Waals surface area contributed by atoms with Gasteiger partial charge in [-0.05, 0) is 18.2 Å². The van der Waals surface area contributed by atoms with Crippen LogP contribution in [0.25, 0.3) is 21.9 Å². The van der Waals surface area contributed by atoms with Gasteiger partial charge in [0.05, 0.1) is 0 Å². The van der Waals surface area contributed by atoms with Gasteiger partial charge in [0, 0.05) is 21.9 Å². The summed E-state index contributed by atoms with van der Waals surface area (Å²) in [4.78, 5) is 0. The van der Waals surface area contributed by atoms with Crippen LogP contribution in [0.4, 0.5) is 0 Å². The van der Waals surface area contributed by atoms with Crippen molar-refractivity contribution in [3.8, 4) is 0 Å². The third kappa shape index (κ3) is 1.03. The van der Waals surface area contributed by atoms with Crippen LogP contribution >= 0.6 is 11.6 Å². The number of fused-ring (bicyclic) bond motifs is 3. The maximum Gasteiger partial charge on any atom is 0.136 e. The highest BCUT2D eigenvalue weighted by Crippen LogP contribution is 2.29. The molecule has 1 aromatic heterocycles. The van der Waals surface area contributed by atoms with Gasteiger partial charge < -0.3 is 4.42 Å². The minimum absolute atomic E-state index is 0.705. The molecule has 0 unspecified atom stereocenters. The lowest BCUT2D eigenvalue weighted by Gasteiger charge is -1.88. The monoisotopic (exact) mass is 202 g/mol. The van der Waals surface area contributed by atoms with E-state index in [-0.39, 0.29) is 0 Å². The first kappa shape index (κ1) is 7.89. The van der Waals surface area contributed by atoms with E-state index in [4.69, 9.17) is 16.0 Å². The lowest BCUT2D eigenvalue weighted by molar-refractivity contribution is 0.669. The Balaban J connectivity index is 2.57. The van der Waals surface area contributed by atoms with Crippen molar-refractivity contribution in [1.29, 1.82) is 0 Å². The lowest BCUT2D eigenvalue weighted by Crippen LogP contribution is -1.65. The van der Waals surface area contributed by atoms with Gasteiger partial charge in [-0.3, -0.25) is 0 Å². The average molecular weight is 203 g/mol. The number of rotatable bonds is 0. The second-order valence-electron chi connectivity index (χ2n) is 3.24. The summed E-state index contributed by atoms with van der Waals surface area (Å²) in [6, 6.07) is 13.7. The molecule has 0 aliphatic heterocycles. The van der Waals surface area contributed by atoms with E-state index in [0.717, 1.165) is 21.9 Å². The van der Waals surface area contributed by atoms with E-state index in [9.17, 15) is 0 Å². The molecule has 0 aliphatic rings. The number of halogens is 1. The van der Waals surface area contributed by atoms with Crippen LogP contribution in [0, 0.1) is 0 Å². The van der Waals surface area contributed by atoms with Crippen LogP contribution in [0.5, 0.6) is 0 Å². The van der Waals surface area contributed by atoms with Gasteiger partial charge in [-0.2, -0.15) is 0 Å². The molecule has 0 radical (unpaired) electrons. The van der Waals surface area contributed by atoms with Crippen molar-refractivity contribution in [2.75, 3.05) is 0 Å². The first-order valence-corrected chi connectivity index (χ1v) is 4.79. The standard InChI is InChI=1S/C12H7ClO/c13-8-5-6-10-9-3-1-2-4-11(9)14-12(10)7-8/h1-7H. The van der Waals surface area contributed by atoms with E-state index in [1.54, 1.807) is 0 Å². The highest BCUT2D eigenvalue weighted by molar-refractivity contribution is 6.31. The van der Waals surface area contributed by atoms with E-state index >= 15 is 0 Å². The highest BCUT2D eigenvalue weighted by Gasteiger charge is 2.05. The summed E-state index contributed by atoms with van der Waals surface area (Å²) >= 11 is 5.89. The second-order valence-corrected chi connectivity index (χ2v) is 3.68. The molecule has 0 saturated carbocycles. The predicted molar refractivity (Wildman–Crippen MR) is 58.7 cm³/mol. The number of para-hydroxylation sites is 1. The molecule has 0 bridgehead atoms. The maximum atomic E-state index is 5.89. The smallest absolute Gasteiger partial charge is 0.136 e. The molecule has 0 aliphatic carbocycles. The van der Waals surface area contributed by atoms with E-state index < -0.39 is 0 Å². The van der Waals surface area contributed by atoms with E-state index in [1.165, 1.54) is 0 Å². The van der Waals surface area contributed by atoms with Crippen molar-refractivity contribution < 1.29 is 4.42 Å². The highest BCUT2D eigenvalue weighted by atomic mass is 35.5. The molecule has 2 aromatic carbocycles. The van der Waals surface area contributed by atoms with Crippen molar-refractivity contribution >= 4 is 33.5 Å². The molecule has 0 N–H and O–H groups in total. The molecule has 14 heavy (non-hydrogen) atoms. The third-order valence-corrected chi connectivity index (χ3v) is 2.58. The van der Waals surface area contributed by atoms with Crippen LogP contribution in [0.3, 0.4) is 0 Å². The van der Waals surface area contributed by atoms with Gasteiger partial charge in [0.25, 0.3) is 0 Å². The SMILES string of the molecule is Clc1ccc2c(c1)oc1ccccc12. The summed E-state index contributed by atoms with van der Waals surface area (Å²) in [5, 5.41) is 2.96. The van der Waals surface area contributed by atoms with E-state index in [2.05, 4.69) is 6.07 Å². The van der Waals surface area contributed by atoms with Gasteiger partial charge in [-0.15, -0.1) is 0 Å². The lowest BCUT2D eigenvalue weighted by atomic mass is 10.2. The van der Waals surface area contributed by atoms with Crippen LogP contribution in [0.2, 0.25) is 5.02 Å². The first-order chi connectivity index (χ1) is 6.84. The summed E-state index contributed by atoms with van der Waals surface area (Å²) < 4.78 is 5.65. The Morgan fingerprint density at radius 3 is 2.57 bits per heavy atom. The van der Waals surface area contributed by atoms with Crippen molar-refractivity contribution in [1.82, 2.24) is 0 Å². The van der Waals surface area contributed by atoms with Crippen LogP contribution in [0.1, 0.15) is 0 Å². The number of furan rings is 1. The van der Waals surface area contributed by atoms with Crippen molar-refractivity contribution in [3.05, 3.63) is 47.5 Å². The minimum atomic E-state index is 0.705. The van der Waals surface area contributed by atoms with Gasteiger partial charge in [0.1, 0.15) is 11.2 Å². The Bertz CT molecular complexity index is 610. The molecule has 0 atom stereocenters. The maximum absolute atomic E-state index is 5.89. The first-order valence-electron chi connectivity index (χ1n) is 4.41. The summed E-state index contributed by atoms with van der Waals surface area (Å²) in [7, 11) is 0. The van der Waals surface area contributed by atoms with Crippen LogP contribution in [-0.2, 0) is 0 Å². The predicted octanol–water partition coefficient (Wildman–Crippen LogP) is 4.24. The van der Waals surface area contributed by atoms with Crippen molar-refractivity contribution in [3.63, 3.8) is 0 Å². The van der Waals surface area contributed by atoms with E-state index in [0.29, 0.717) is 5.02 Å². The molecule has 3 rings (SSSR count). The summed E-state index contributed by atoms with van der Waals surface area (Å²) in [5.74, 6) is 0. The Morgan fingerprint density at radius 1 is 0.857 bits per heavy atom. The number of benzene rings is 2. The molecule has 0 spiro atoms. The fourth-order valence-corrected chi connectivity index (χ4v) is 1.86. The number of hydrogen-bond acceptors (Lipinski definition) is 1. The minimum Gasteiger partial charge on any atom is -0.456 e. The Morgan fingerprint density at radius 2 is 1.64 bits per heavy atom. The van der Waals surface area contributed by atoms with Gasteiger partial charge in [0.15, 0.2) is 0 Å². The van der Waals surface area contributed by atoms with Crippen molar-refractivity contribution in [2.24, 2.45) is 0 Å². The molecule has 1 nitrogen and oxygen atoms in total. The van der Waals surface area contributed by atoms with Gasteiger partial charge in [-0.1, -0.05) is 29.8 Å². The summed E-state index contributed by atoms with van der Waals surface area (Å²) in [6.07, 6.45) is 0.